The minimum absolute atomic E-state index is 0.0847. The third kappa shape index (κ3) is 3.92. The zero-order valence-corrected chi connectivity index (χ0v) is 18.6. The van der Waals surface area contributed by atoms with Crippen LogP contribution in [0.15, 0.2) is 52.7 Å². The fourth-order valence-electron chi connectivity index (χ4n) is 4.14. The molecule has 0 aliphatic carbocycles. The predicted octanol–water partition coefficient (Wildman–Crippen LogP) is 5.59. The Kier molecular flexibility index (Phi) is 5.63. The fourth-order valence-corrected chi connectivity index (χ4v) is 5.88. The quantitative estimate of drug-likeness (QED) is 0.489. The van der Waals surface area contributed by atoms with E-state index in [1.165, 1.54) is 5.56 Å². The lowest BCUT2D eigenvalue weighted by atomic mass is 10.1. The van der Waals surface area contributed by atoms with Crippen molar-refractivity contribution in [1.82, 2.24) is 4.98 Å². The highest BCUT2D eigenvalue weighted by Gasteiger charge is 2.28. The van der Waals surface area contributed by atoms with Gasteiger partial charge in [-0.15, -0.1) is 23.1 Å². The lowest BCUT2D eigenvalue weighted by Gasteiger charge is -2.20. The minimum Gasteiger partial charge on any atom is -0.377 e. The van der Waals surface area contributed by atoms with Crippen molar-refractivity contribution in [3.63, 3.8) is 0 Å². The number of thiazole rings is 1. The molecule has 0 N–H and O–H groups in total. The van der Waals surface area contributed by atoms with Gasteiger partial charge in [0.2, 0.25) is 0 Å². The molecule has 0 bridgehead atoms. The number of aromatic nitrogens is 1. The van der Waals surface area contributed by atoms with E-state index in [2.05, 4.69) is 34.6 Å². The van der Waals surface area contributed by atoms with Crippen LogP contribution in [0.2, 0.25) is 0 Å². The van der Waals surface area contributed by atoms with Crippen molar-refractivity contribution in [3.8, 4) is 11.3 Å². The van der Waals surface area contributed by atoms with Crippen LogP contribution in [0, 0.1) is 6.92 Å². The van der Waals surface area contributed by atoms with Crippen molar-refractivity contribution in [2.75, 3.05) is 23.8 Å². The monoisotopic (exact) mass is 436 g/mol. The van der Waals surface area contributed by atoms with E-state index < -0.39 is 0 Å². The first kappa shape index (κ1) is 19.8. The molecule has 1 atom stereocenters. The second kappa shape index (κ2) is 8.53. The van der Waals surface area contributed by atoms with E-state index >= 15 is 0 Å². The Balaban J connectivity index is 1.37. The van der Waals surface area contributed by atoms with Crippen LogP contribution in [-0.2, 0) is 11.2 Å². The number of hydrogen-bond acceptors (Lipinski definition) is 5. The number of amides is 1. The molecular formula is C24H24N2O2S2. The van der Waals surface area contributed by atoms with E-state index in [1.807, 2.05) is 30.0 Å². The van der Waals surface area contributed by atoms with Gasteiger partial charge in [-0.2, -0.15) is 0 Å². The zero-order valence-electron chi connectivity index (χ0n) is 17.0. The zero-order chi connectivity index (χ0) is 20.5. The average molecular weight is 437 g/mol. The van der Waals surface area contributed by atoms with Crippen molar-refractivity contribution in [2.24, 2.45) is 0 Å². The largest absolute Gasteiger partial charge is 0.377 e. The molecule has 1 saturated heterocycles. The maximum absolute atomic E-state index is 13.5. The number of fused-ring (bicyclic) bond motifs is 1. The normalized spacial score (nSPS) is 18.0. The molecule has 6 heteroatoms. The summed E-state index contributed by atoms with van der Waals surface area (Å²) in [6.45, 7) is 3.60. The topological polar surface area (TPSA) is 42.4 Å². The first-order valence-corrected chi connectivity index (χ1v) is 12.3. The molecule has 0 spiro atoms. The molecule has 3 aromatic rings. The molecule has 5 rings (SSSR count). The summed E-state index contributed by atoms with van der Waals surface area (Å²) in [7, 11) is 0. The van der Waals surface area contributed by atoms with Gasteiger partial charge in [-0.25, -0.2) is 4.98 Å². The van der Waals surface area contributed by atoms with Gasteiger partial charge in [0.1, 0.15) is 0 Å². The van der Waals surface area contributed by atoms with Gasteiger partial charge in [0, 0.05) is 40.4 Å². The molecule has 1 amide bonds. The van der Waals surface area contributed by atoms with Crippen LogP contribution in [0.25, 0.3) is 11.3 Å². The molecule has 2 aliphatic rings. The molecule has 3 heterocycles. The maximum Gasteiger partial charge on any atom is 0.259 e. The Morgan fingerprint density at radius 3 is 3.00 bits per heavy atom. The van der Waals surface area contributed by atoms with Crippen LogP contribution >= 0.6 is 23.1 Å². The molecule has 0 radical (unpaired) electrons. The number of rotatable bonds is 5. The summed E-state index contributed by atoms with van der Waals surface area (Å²) in [5.41, 5.74) is 5.17. The highest BCUT2D eigenvalue weighted by Crippen LogP contribution is 2.35. The van der Waals surface area contributed by atoms with Crippen molar-refractivity contribution in [1.29, 1.82) is 0 Å². The van der Waals surface area contributed by atoms with Crippen LogP contribution < -0.4 is 4.90 Å². The summed E-state index contributed by atoms with van der Waals surface area (Å²) in [5.74, 6) is 0.985. The Labute approximate surface area is 185 Å². The van der Waals surface area contributed by atoms with Crippen molar-refractivity contribution >= 4 is 34.7 Å². The van der Waals surface area contributed by atoms with Crippen molar-refractivity contribution in [2.45, 2.75) is 37.2 Å². The minimum atomic E-state index is 0.0847. The van der Waals surface area contributed by atoms with Crippen LogP contribution in [-0.4, -0.2) is 35.9 Å². The summed E-state index contributed by atoms with van der Waals surface area (Å²) in [5, 5.41) is 3.16. The molecule has 1 fully saturated rings. The lowest BCUT2D eigenvalue weighted by Crippen LogP contribution is -2.29. The predicted molar refractivity (Wildman–Crippen MR) is 124 cm³/mol. The molecular weight excluding hydrogens is 412 g/mol. The summed E-state index contributed by atoms with van der Waals surface area (Å²) in [6.07, 6.45) is 3.43. The molecule has 154 valence electrons. The Morgan fingerprint density at radius 1 is 1.30 bits per heavy atom. The van der Waals surface area contributed by atoms with Gasteiger partial charge in [0.05, 0.1) is 22.4 Å². The molecule has 30 heavy (non-hydrogen) atoms. The van der Waals surface area contributed by atoms with Gasteiger partial charge in [0.25, 0.3) is 5.91 Å². The third-order valence-corrected chi connectivity index (χ3v) is 7.68. The lowest BCUT2D eigenvalue weighted by molar-refractivity contribution is 0.0986. The number of aryl methyl sites for hydroxylation is 1. The average Bonchev–Trinajstić information content (AvgIpc) is 3.52. The van der Waals surface area contributed by atoms with Crippen LogP contribution in [0.4, 0.5) is 5.69 Å². The van der Waals surface area contributed by atoms with Gasteiger partial charge >= 0.3 is 0 Å². The first-order valence-electron chi connectivity index (χ1n) is 10.4. The second-order valence-electron chi connectivity index (χ2n) is 7.74. The summed E-state index contributed by atoms with van der Waals surface area (Å²) < 4.78 is 5.75. The summed E-state index contributed by atoms with van der Waals surface area (Å²) in [4.78, 5) is 21.0. The highest BCUT2D eigenvalue weighted by atomic mass is 32.2. The summed E-state index contributed by atoms with van der Waals surface area (Å²) in [6, 6.07) is 14.3. The maximum atomic E-state index is 13.5. The fraction of sp³-hybridized carbons (Fsp3) is 0.333. The Bertz CT molecular complexity index is 1070. The van der Waals surface area contributed by atoms with Crippen molar-refractivity contribution < 1.29 is 9.53 Å². The van der Waals surface area contributed by atoms with E-state index in [9.17, 15) is 4.79 Å². The van der Waals surface area contributed by atoms with Gasteiger partial charge in [-0.1, -0.05) is 18.2 Å². The van der Waals surface area contributed by atoms with Crippen LogP contribution in [0.5, 0.6) is 0 Å². The molecule has 2 aliphatic heterocycles. The summed E-state index contributed by atoms with van der Waals surface area (Å²) >= 11 is 3.40. The third-order valence-electron chi connectivity index (χ3n) is 5.70. The molecule has 0 unspecified atom stereocenters. The number of thioether (sulfide) groups is 1. The van der Waals surface area contributed by atoms with Gasteiger partial charge in [-0.05, 0) is 56.0 Å². The van der Waals surface area contributed by atoms with E-state index in [4.69, 9.17) is 4.74 Å². The molecule has 1 aromatic heterocycles. The standard InChI is InChI=1S/C24H24N2O2S2/c1-16-25-21(15-29-16)17-8-9-22-18(13-17)10-11-26(22)24(27)20-6-2-3-7-23(20)30-14-19-5-4-12-28-19/h2-3,6-9,13,15,19H,4-5,10-12,14H2,1H3/t19-/m0/s1. The number of hydrogen-bond donors (Lipinski definition) is 0. The molecule has 4 nitrogen and oxygen atoms in total. The van der Waals surface area contributed by atoms with E-state index in [1.54, 1.807) is 23.1 Å². The second-order valence-corrected chi connectivity index (χ2v) is 9.87. The first-order chi connectivity index (χ1) is 14.7. The van der Waals surface area contributed by atoms with Crippen LogP contribution in [0.1, 0.15) is 33.8 Å². The van der Waals surface area contributed by atoms with E-state index in [-0.39, 0.29) is 5.91 Å². The number of carbonyl (C=O) groups excluding carboxylic acids is 1. The SMILES string of the molecule is Cc1nc(-c2ccc3c(c2)CCN3C(=O)c2ccccc2SC[C@@H]2CCCO2)cs1. The Morgan fingerprint density at radius 2 is 2.20 bits per heavy atom. The smallest absolute Gasteiger partial charge is 0.259 e. The van der Waals surface area contributed by atoms with Gasteiger partial charge in [-0.3, -0.25) is 4.79 Å². The highest BCUT2D eigenvalue weighted by molar-refractivity contribution is 7.99. The molecule has 2 aromatic carbocycles. The van der Waals surface area contributed by atoms with Gasteiger partial charge in [0.15, 0.2) is 0 Å². The molecule has 0 saturated carbocycles. The van der Waals surface area contributed by atoms with Gasteiger partial charge < -0.3 is 9.64 Å². The Hall–Kier alpha value is -2.15. The van der Waals surface area contributed by atoms with E-state index in [0.29, 0.717) is 6.10 Å². The number of ether oxygens (including phenoxy) is 1. The number of carbonyl (C=O) groups is 1. The number of benzene rings is 2. The van der Waals surface area contributed by atoms with Crippen molar-refractivity contribution in [3.05, 3.63) is 64.0 Å². The number of nitrogens with zero attached hydrogens (tertiary/aromatic N) is 2. The van der Waals surface area contributed by atoms with E-state index in [0.717, 1.165) is 70.6 Å². The number of anilines is 1. The van der Waals surface area contributed by atoms with Crippen LogP contribution in [0.3, 0.4) is 0 Å².